The summed E-state index contributed by atoms with van der Waals surface area (Å²) in [5.74, 6) is -0.316. The normalized spacial score (nSPS) is 22.9. The Morgan fingerprint density at radius 1 is 1.12 bits per heavy atom. The standard InChI is InChI=1S/C31H33ClN4O5S/c1-20(37)36(42(39,40)24-6-3-5-23(18-24)41-2)28-11-10-22(30(38)35-19-27-26(32)7-4-14-34-27)17-25(28)31(12-15-33-16-13-31)29(36)21-8-9-21/h3-7,10-11,14,17-18,21,29,33H,8-9,12-13,15-16,19H2,1-2H3/p+1. The Kier molecular flexibility index (Phi) is 7.37. The second kappa shape index (κ2) is 10.8. The monoisotopic (exact) mass is 609 g/mol. The number of sulfonamides is 1. The molecule has 0 bridgehead atoms. The lowest BCUT2D eigenvalue weighted by Crippen LogP contribution is -2.67. The highest BCUT2D eigenvalue weighted by Crippen LogP contribution is 2.62. The average Bonchev–Trinajstić information content (AvgIpc) is 3.80. The van der Waals surface area contributed by atoms with E-state index in [0.29, 0.717) is 53.6 Å². The summed E-state index contributed by atoms with van der Waals surface area (Å²) in [5.41, 5.74) is 1.56. The molecule has 3 aromatic rings. The molecule has 3 heterocycles. The number of amides is 2. The van der Waals surface area contributed by atoms with Crippen molar-refractivity contribution < 1.29 is 22.7 Å². The van der Waals surface area contributed by atoms with Crippen LogP contribution in [0.15, 0.2) is 65.7 Å². The van der Waals surface area contributed by atoms with Gasteiger partial charge in [0.15, 0.2) is 5.69 Å². The second-order valence-corrected chi connectivity index (χ2v) is 13.8. The maximum atomic E-state index is 14.9. The number of hydrogen-bond donors (Lipinski definition) is 2. The SMILES string of the molecule is COc1cccc(S(=O)(=O)[N+]2(C(C)=O)c3ccc(C(=O)NCc4ncccc4Cl)cc3C3(CCNCC3)C2C2CC2)c1. The number of nitrogens with one attached hydrogen (secondary N) is 2. The average molecular weight is 610 g/mol. The molecule has 2 aliphatic heterocycles. The topological polar surface area (TPSA) is 114 Å². The summed E-state index contributed by atoms with van der Waals surface area (Å²) in [5, 5.41) is 6.77. The molecule has 1 aliphatic carbocycles. The first kappa shape index (κ1) is 28.8. The van der Waals surface area contributed by atoms with Crippen LogP contribution in [0.2, 0.25) is 5.02 Å². The highest BCUT2D eigenvalue weighted by Gasteiger charge is 2.73. The summed E-state index contributed by atoms with van der Waals surface area (Å²) in [7, 11) is -2.81. The van der Waals surface area contributed by atoms with Crippen LogP contribution in [0.25, 0.3) is 0 Å². The zero-order valence-electron chi connectivity index (χ0n) is 23.6. The van der Waals surface area contributed by atoms with Gasteiger partial charge in [0.25, 0.3) is 5.91 Å². The van der Waals surface area contributed by atoms with Gasteiger partial charge in [0.2, 0.25) is 0 Å². The zero-order valence-corrected chi connectivity index (χ0v) is 25.2. The molecule has 2 N–H and O–H groups in total. The van der Waals surface area contributed by atoms with Gasteiger partial charge in [-0.05, 0) is 75.2 Å². The minimum atomic E-state index is -4.30. The Labute approximate surface area is 250 Å². The summed E-state index contributed by atoms with van der Waals surface area (Å²) >= 11 is 6.23. The number of carbonyl (C=O) groups is 2. The van der Waals surface area contributed by atoms with Crippen molar-refractivity contribution in [1.82, 2.24) is 19.5 Å². The highest BCUT2D eigenvalue weighted by atomic mass is 35.5. The molecule has 9 nitrogen and oxygen atoms in total. The molecule has 0 radical (unpaired) electrons. The van der Waals surface area contributed by atoms with E-state index in [-0.39, 0.29) is 23.3 Å². The second-order valence-electron chi connectivity index (χ2n) is 11.4. The third kappa shape index (κ3) is 4.35. The Morgan fingerprint density at radius 3 is 2.55 bits per heavy atom. The van der Waals surface area contributed by atoms with Crippen LogP contribution in [-0.2, 0) is 26.8 Å². The van der Waals surface area contributed by atoms with E-state index in [2.05, 4.69) is 15.6 Å². The molecule has 2 amide bonds. The van der Waals surface area contributed by atoms with Crippen molar-refractivity contribution in [3.8, 4) is 5.75 Å². The van der Waals surface area contributed by atoms with E-state index in [1.54, 1.807) is 42.6 Å². The van der Waals surface area contributed by atoms with E-state index in [4.69, 9.17) is 16.3 Å². The fourth-order valence-electron chi connectivity index (χ4n) is 7.18. The van der Waals surface area contributed by atoms with Crippen molar-refractivity contribution in [2.45, 2.75) is 55.5 Å². The molecule has 220 valence electrons. The fraction of sp³-hybridized carbons (Fsp3) is 0.387. The highest BCUT2D eigenvalue weighted by molar-refractivity contribution is 7.91. The van der Waals surface area contributed by atoms with E-state index in [1.165, 1.54) is 26.2 Å². The first-order chi connectivity index (χ1) is 20.2. The van der Waals surface area contributed by atoms with E-state index in [0.717, 1.165) is 18.4 Å². The molecule has 1 saturated carbocycles. The molecule has 1 aromatic heterocycles. The van der Waals surface area contributed by atoms with Crippen LogP contribution in [0.5, 0.6) is 5.75 Å². The largest absolute Gasteiger partial charge is 0.497 e. The van der Waals surface area contributed by atoms with Crippen molar-refractivity contribution in [1.29, 1.82) is 0 Å². The van der Waals surface area contributed by atoms with Crippen LogP contribution in [0, 0.1) is 5.92 Å². The number of benzene rings is 2. The Morgan fingerprint density at radius 2 is 1.88 bits per heavy atom. The van der Waals surface area contributed by atoms with Crippen LogP contribution < -0.4 is 19.3 Å². The summed E-state index contributed by atoms with van der Waals surface area (Å²) in [6.45, 7) is 2.91. The van der Waals surface area contributed by atoms with Gasteiger partial charge < -0.3 is 15.4 Å². The predicted octanol–water partition coefficient (Wildman–Crippen LogP) is 4.33. The number of aromatic nitrogens is 1. The summed E-state index contributed by atoms with van der Waals surface area (Å²) < 4.78 is 34.3. The smallest absolute Gasteiger partial charge is 0.339 e. The molecular weight excluding hydrogens is 576 g/mol. The van der Waals surface area contributed by atoms with Crippen LogP contribution in [0.1, 0.15) is 54.2 Å². The van der Waals surface area contributed by atoms with Gasteiger partial charge in [-0.15, -0.1) is 3.89 Å². The number of fused-ring (bicyclic) bond motifs is 2. The first-order valence-electron chi connectivity index (χ1n) is 14.2. The molecule has 1 spiro atoms. The van der Waals surface area contributed by atoms with Crippen LogP contribution >= 0.6 is 11.6 Å². The van der Waals surface area contributed by atoms with Gasteiger partial charge in [-0.25, -0.2) is 4.79 Å². The quantitative estimate of drug-likeness (QED) is 0.383. The van der Waals surface area contributed by atoms with Crippen molar-refractivity contribution >= 4 is 39.1 Å². The number of piperidine rings is 1. The Bertz CT molecular complexity index is 1670. The number of ether oxygens (including phenoxy) is 1. The molecule has 3 aliphatic rings. The summed E-state index contributed by atoms with van der Waals surface area (Å²) in [4.78, 5) is 31.7. The van der Waals surface area contributed by atoms with Crippen molar-refractivity contribution in [3.05, 3.63) is 82.6 Å². The maximum absolute atomic E-state index is 14.9. The van der Waals surface area contributed by atoms with Crippen LogP contribution in [0.3, 0.4) is 0 Å². The number of pyridine rings is 1. The third-order valence-corrected chi connectivity index (χ3v) is 11.7. The summed E-state index contributed by atoms with van der Waals surface area (Å²) in [6.07, 6.45) is 4.65. The number of hydrogen-bond acceptors (Lipinski definition) is 7. The van der Waals surface area contributed by atoms with Crippen LogP contribution in [-0.4, -0.2) is 51.5 Å². The Balaban J connectivity index is 1.52. The Hall–Kier alpha value is -3.31. The van der Waals surface area contributed by atoms with Gasteiger partial charge in [-0.2, -0.15) is 8.42 Å². The molecule has 42 heavy (non-hydrogen) atoms. The number of methoxy groups -OCH3 is 1. The molecule has 2 atom stereocenters. The third-order valence-electron chi connectivity index (χ3n) is 9.11. The van der Waals surface area contributed by atoms with Gasteiger partial charge in [0.1, 0.15) is 16.7 Å². The molecule has 11 heteroatoms. The molecule has 6 rings (SSSR count). The van der Waals surface area contributed by atoms with E-state index >= 15 is 0 Å². The maximum Gasteiger partial charge on any atom is 0.339 e. The van der Waals surface area contributed by atoms with Gasteiger partial charge in [-0.1, -0.05) is 17.7 Å². The van der Waals surface area contributed by atoms with E-state index in [1.807, 2.05) is 6.07 Å². The number of halogens is 1. The zero-order chi connectivity index (χ0) is 29.7. The van der Waals surface area contributed by atoms with Gasteiger partial charge in [-0.3, -0.25) is 9.78 Å². The molecule has 2 unspecified atom stereocenters. The fourth-order valence-corrected chi connectivity index (χ4v) is 9.64. The minimum Gasteiger partial charge on any atom is -0.497 e. The van der Waals surface area contributed by atoms with Gasteiger partial charge >= 0.3 is 15.9 Å². The van der Waals surface area contributed by atoms with Crippen molar-refractivity contribution in [3.63, 3.8) is 0 Å². The molecule has 1 saturated heterocycles. The lowest BCUT2D eigenvalue weighted by Gasteiger charge is -2.43. The van der Waals surface area contributed by atoms with Crippen molar-refractivity contribution in [2.75, 3.05) is 20.2 Å². The minimum absolute atomic E-state index is 0.0358. The lowest BCUT2D eigenvalue weighted by molar-refractivity contribution is -0.126. The number of rotatable bonds is 7. The van der Waals surface area contributed by atoms with E-state index in [9.17, 15) is 18.0 Å². The number of nitrogens with zero attached hydrogens (tertiary/aromatic N) is 2. The van der Waals surface area contributed by atoms with E-state index < -0.39 is 31.3 Å². The molecule has 2 aromatic carbocycles. The first-order valence-corrected chi connectivity index (χ1v) is 16.0. The molecular formula is C31H34ClN4O5S+. The number of carbonyl (C=O) groups excluding carboxylic acids is 2. The molecule has 2 fully saturated rings. The van der Waals surface area contributed by atoms with Gasteiger partial charge in [0.05, 0.1) is 36.7 Å². The van der Waals surface area contributed by atoms with Crippen LogP contribution in [0.4, 0.5) is 5.69 Å². The van der Waals surface area contributed by atoms with Crippen molar-refractivity contribution in [2.24, 2.45) is 5.92 Å². The lowest BCUT2D eigenvalue weighted by atomic mass is 9.68. The predicted molar refractivity (Wildman–Crippen MR) is 160 cm³/mol. The van der Waals surface area contributed by atoms with Gasteiger partial charge in [0, 0.05) is 35.4 Å². The summed E-state index contributed by atoms with van der Waals surface area (Å²) in [6, 6.07) is 14.4. The number of quaternary nitrogens is 1.